The van der Waals surface area contributed by atoms with Crippen molar-refractivity contribution in [2.24, 2.45) is 0 Å². The van der Waals surface area contributed by atoms with Crippen LogP contribution < -0.4 is 0 Å². The number of benzene rings is 2. The van der Waals surface area contributed by atoms with Crippen LogP contribution in [0.2, 0.25) is 0 Å². The van der Waals surface area contributed by atoms with Crippen molar-refractivity contribution in [3.05, 3.63) is 59.9 Å². The Hall–Kier alpha value is -1.02. The third-order valence-corrected chi connectivity index (χ3v) is 4.51. The number of halogens is 1. The molecule has 0 amide bonds. The molecule has 2 nitrogen and oxygen atoms in total. The minimum atomic E-state index is -1.16. The van der Waals surface area contributed by atoms with E-state index in [9.17, 15) is 9.18 Å². The molecule has 0 saturated carbocycles. The summed E-state index contributed by atoms with van der Waals surface area (Å²) in [4.78, 5) is 11.6. The summed E-state index contributed by atoms with van der Waals surface area (Å²) in [7, 11) is -1.16. The van der Waals surface area contributed by atoms with Gasteiger partial charge in [0.05, 0.1) is 5.56 Å². The van der Waals surface area contributed by atoms with E-state index in [1.807, 2.05) is 0 Å². The predicted molar refractivity (Wildman–Crippen MR) is 88.8 cm³/mol. The molecule has 0 unspecified atom stereocenters. The molecule has 0 spiro atoms. The zero-order valence-corrected chi connectivity index (χ0v) is 13.5. The lowest BCUT2D eigenvalue weighted by Gasteiger charge is -1.98. The van der Waals surface area contributed by atoms with Gasteiger partial charge in [0.15, 0.2) is 0 Å². The molecule has 0 aliphatic rings. The number of rotatable bonds is 2. The van der Waals surface area contributed by atoms with Gasteiger partial charge in [-0.15, -0.1) is 12.6 Å². The van der Waals surface area contributed by atoms with Crippen molar-refractivity contribution in [2.75, 3.05) is 0 Å². The molecule has 106 valence electrons. The lowest BCUT2D eigenvalue weighted by molar-refractivity contribution is 0.0693. The number of thiol groups is 2. The Morgan fingerprint density at radius 3 is 2.05 bits per heavy atom. The fourth-order valence-electron chi connectivity index (χ4n) is 1.27. The maximum absolute atomic E-state index is 12.2. The average Bonchev–Trinajstić information content (AvgIpc) is 2.43. The Balaban J connectivity index is 0.000000217. The van der Waals surface area contributed by atoms with Gasteiger partial charge < -0.3 is 5.11 Å². The van der Waals surface area contributed by atoms with Crippen LogP contribution in [0.1, 0.15) is 10.4 Å². The van der Waals surface area contributed by atoms with E-state index in [4.69, 9.17) is 27.5 Å². The minimum Gasteiger partial charge on any atom is -0.478 e. The maximum atomic E-state index is 12.2. The second-order valence-electron chi connectivity index (χ2n) is 3.53. The molecule has 0 saturated heterocycles. The summed E-state index contributed by atoms with van der Waals surface area (Å²) in [5.74, 6) is -1.23. The molecule has 2 aromatic carbocycles. The largest absolute Gasteiger partial charge is 0.478 e. The Kier molecular flexibility index (Phi) is 7.08. The van der Waals surface area contributed by atoms with Crippen LogP contribution in [0.5, 0.6) is 0 Å². The summed E-state index contributed by atoms with van der Waals surface area (Å²) in [5.41, 5.74) is 0.230. The first-order valence-electron chi connectivity index (χ1n) is 5.33. The number of carbonyl (C=O) groups is 1. The topological polar surface area (TPSA) is 37.3 Å². The van der Waals surface area contributed by atoms with Crippen molar-refractivity contribution in [3.63, 3.8) is 0 Å². The van der Waals surface area contributed by atoms with Gasteiger partial charge in [-0.05, 0) is 46.6 Å². The molecule has 2 rings (SSSR count). The number of hydrogen-bond donors (Lipinski definition) is 3. The second kappa shape index (κ2) is 8.31. The molecule has 7 heteroatoms. The third-order valence-electron chi connectivity index (χ3n) is 2.18. The Morgan fingerprint density at radius 2 is 1.65 bits per heavy atom. The first-order valence-corrected chi connectivity index (χ1v) is 9.15. The van der Waals surface area contributed by atoms with Gasteiger partial charge in [-0.3, -0.25) is 0 Å². The van der Waals surface area contributed by atoms with Crippen LogP contribution in [-0.4, -0.2) is 11.1 Å². The van der Waals surface area contributed by atoms with E-state index in [-0.39, 0.29) is 11.4 Å². The maximum Gasteiger partial charge on any atom is 0.336 e. The zero-order valence-electron chi connectivity index (χ0n) is 10.1. The molecule has 20 heavy (non-hydrogen) atoms. The van der Waals surface area contributed by atoms with Gasteiger partial charge in [0, 0.05) is 9.79 Å². The normalized spacial score (nSPS) is 9.75. The van der Waals surface area contributed by atoms with Crippen LogP contribution in [0.15, 0.2) is 58.3 Å². The summed E-state index contributed by atoms with van der Waals surface area (Å²) in [6, 6.07) is 13.0. The molecule has 0 radical (unpaired) electrons. The van der Waals surface area contributed by atoms with Crippen LogP contribution in [-0.2, 0) is 30.4 Å². The van der Waals surface area contributed by atoms with Crippen LogP contribution in [0.25, 0.3) is 0 Å². The molecule has 2 aromatic rings. The number of carboxylic acid groups (broad SMARTS) is 1. The highest BCUT2D eigenvalue weighted by Crippen LogP contribution is 2.10. The molecule has 1 N–H and O–H groups in total. The van der Waals surface area contributed by atoms with E-state index in [1.165, 1.54) is 12.1 Å². The standard InChI is InChI=1S/C7H6O2S3.C6H5FS/c8-7(9)5-3-1-2-4-6(5)12(10)11;7-5-3-1-2-4-6(5)8/h1-4,12H,(H,8,9);1-4,8H. The molecule has 0 aliphatic carbocycles. The Labute approximate surface area is 132 Å². The molecule has 0 aromatic heterocycles. The third kappa shape index (κ3) is 5.16. The summed E-state index contributed by atoms with van der Waals surface area (Å²) in [6.07, 6.45) is 0. The summed E-state index contributed by atoms with van der Waals surface area (Å²) in [5, 5.41) is 8.73. The highest BCUT2D eigenvalue weighted by atomic mass is 33.1. The Bertz CT molecular complexity index is 655. The SMILES string of the molecule is Fc1ccccc1S.O=C(O)c1ccccc1[SH](=S)=S. The van der Waals surface area contributed by atoms with Crippen LogP contribution >= 0.6 is 12.6 Å². The molecule has 0 heterocycles. The predicted octanol–water partition coefficient (Wildman–Crippen LogP) is 3.13. The van der Waals surface area contributed by atoms with Gasteiger partial charge in [0.2, 0.25) is 0 Å². The number of hydrogen-bond acceptors (Lipinski definition) is 4. The number of carboxylic acids is 1. The van der Waals surface area contributed by atoms with Gasteiger partial charge in [-0.2, -0.15) is 0 Å². The zero-order chi connectivity index (χ0) is 15.1. The fraction of sp³-hybridized carbons (Fsp3) is 0. The first kappa shape index (κ1) is 17.0. The average molecular weight is 346 g/mol. The molecule has 0 bridgehead atoms. The van der Waals surface area contributed by atoms with Gasteiger partial charge in [0.25, 0.3) is 0 Å². The van der Waals surface area contributed by atoms with Crippen molar-refractivity contribution in [1.29, 1.82) is 0 Å². The molecule has 0 atom stereocenters. The fourth-order valence-corrected chi connectivity index (χ4v) is 2.96. The van der Waals surface area contributed by atoms with E-state index in [1.54, 1.807) is 36.4 Å². The lowest BCUT2D eigenvalue weighted by Crippen LogP contribution is -1.99. The first-order chi connectivity index (χ1) is 9.43. The van der Waals surface area contributed by atoms with Crippen LogP contribution in [0, 0.1) is 5.82 Å². The quantitative estimate of drug-likeness (QED) is 0.731. The summed E-state index contributed by atoms with van der Waals surface area (Å²) in [6.45, 7) is 0. The number of aromatic carboxylic acids is 1. The van der Waals surface area contributed by atoms with E-state index in [0.717, 1.165) is 0 Å². The van der Waals surface area contributed by atoms with Crippen LogP contribution in [0.4, 0.5) is 4.39 Å². The van der Waals surface area contributed by atoms with Crippen molar-refractivity contribution in [1.82, 2.24) is 0 Å². The van der Waals surface area contributed by atoms with Gasteiger partial charge >= 0.3 is 5.97 Å². The summed E-state index contributed by atoms with van der Waals surface area (Å²) < 4.78 is 12.2. The Morgan fingerprint density at radius 1 is 1.10 bits per heavy atom. The van der Waals surface area contributed by atoms with E-state index in [0.29, 0.717) is 9.79 Å². The monoisotopic (exact) mass is 346 g/mol. The summed E-state index contributed by atoms with van der Waals surface area (Å²) >= 11 is 13.6. The van der Waals surface area contributed by atoms with Crippen LogP contribution in [0.3, 0.4) is 0 Å². The van der Waals surface area contributed by atoms with Gasteiger partial charge in [0.1, 0.15) is 5.82 Å². The van der Waals surface area contributed by atoms with Crippen molar-refractivity contribution in [3.8, 4) is 0 Å². The highest BCUT2D eigenvalue weighted by molar-refractivity contribution is 8.46. The van der Waals surface area contributed by atoms with E-state index in [2.05, 4.69) is 12.6 Å². The van der Waals surface area contributed by atoms with Gasteiger partial charge in [-0.1, -0.05) is 32.3 Å². The van der Waals surface area contributed by atoms with Crippen molar-refractivity contribution in [2.45, 2.75) is 9.79 Å². The molecular weight excluding hydrogens is 335 g/mol. The highest BCUT2D eigenvalue weighted by Gasteiger charge is 2.06. The molecular formula is C13H11FO2S4. The van der Waals surface area contributed by atoms with E-state index >= 15 is 0 Å². The molecule has 0 fully saturated rings. The van der Waals surface area contributed by atoms with Crippen molar-refractivity contribution >= 4 is 49.0 Å². The second-order valence-corrected chi connectivity index (χ2v) is 7.89. The smallest absolute Gasteiger partial charge is 0.336 e. The molecule has 0 aliphatic heterocycles. The van der Waals surface area contributed by atoms with Gasteiger partial charge in [-0.25, -0.2) is 9.18 Å². The minimum absolute atomic E-state index is 0.230. The van der Waals surface area contributed by atoms with E-state index < -0.39 is 14.0 Å². The lowest BCUT2D eigenvalue weighted by atomic mass is 10.2. The van der Waals surface area contributed by atoms with Crippen molar-refractivity contribution < 1.29 is 14.3 Å².